The third-order valence-electron chi connectivity index (χ3n) is 5.89. The number of esters is 1. The van der Waals surface area contributed by atoms with E-state index in [0.717, 1.165) is 19.3 Å². The number of aryl methyl sites for hydroxylation is 2. The van der Waals surface area contributed by atoms with Crippen LogP contribution in [0.1, 0.15) is 33.5 Å². The van der Waals surface area contributed by atoms with Gasteiger partial charge >= 0.3 is 5.97 Å². The van der Waals surface area contributed by atoms with Crippen LogP contribution in [0.2, 0.25) is 10.0 Å². The summed E-state index contributed by atoms with van der Waals surface area (Å²) in [7, 11) is 0. The first kappa shape index (κ1) is 20.7. The number of fused-ring (bicyclic) bond motifs is 2. The molecule has 0 saturated carbocycles. The van der Waals surface area contributed by atoms with Gasteiger partial charge in [0.15, 0.2) is 0 Å². The molecule has 1 unspecified atom stereocenters. The van der Waals surface area contributed by atoms with E-state index in [2.05, 4.69) is 10.6 Å². The number of carbonyl (C=O) groups is 2. The second-order valence-electron chi connectivity index (χ2n) is 7.89. The Morgan fingerprint density at radius 3 is 2.38 bits per heavy atom. The van der Waals surface area contributed by atoms with E-state index in [9.17, 15) is 9.59 Å². The van der Waals surface area contributed by atoms with Crippen LogP contribution in [0.5, 0.6) is 5.75 Å². The zero-order valence-corrected chi connectivity index (χ0v) is 18.4. The van der Waals surface area contributed by atoms with Crippen molar-refractivity contribution in [3.63, 3.8) is 0 Å². The molecule has 0 aromatic heterocycles. The molecule has 6 nitrogen and oxygen atoms in total. The van der Waals surface area contributed by atoms with Gasteiger partial charge in [-0.05, 0) is 72.9 Å². The largest absolute Gasteiger partial charge is 0.423 e. The van der Waals surface area contributed by atoms with Gasteiger partial charge in [0.05, 0.1) is 27.0 Å². The van der Waals surface area contributed by atoms with Crippen LogP contribution in [0.15, 0.2) is 54.6 Å². The smallest absolute Gasteiger partial charge is 0.343 e. The van der Waals surface area contributed by atoms with Crippen molar-refractivity contribution < 1.29 is 14.3 Å². The van der Waals surface area contributed by atoms with Crippen LogP contribution >= 0.6 is 23.2 Å². The van der Waals surface area contributed by atoms with Crippen LogP contribution in [0.4, 0.5) is 11.4 Å². The second-order valence-corrected chi connectivity index (χ2v) is 8.71. The molecule has 1 atom stereocenters. The van der Waals surface area contributed by atoms with Gasteiger partial charge in [0.1, 0.15) is 5.75 Å². The van der Waals surface area contributed by atoms with E-state index in [1.165, 1.54) is 11.1 Å². The van der Waals surface area contributed by atoms with Gasteiger partial charge in [-0.2, -0.15) is 0 Å². The minimum absolute atomic E-state index is 0.278. The van der Waals surface area contributed by atoms with Crippen molar-refractivity contribution in [1.29, 1.82) is 0 Å². The minimum Gasteiger partial charge on any atom is -0.423 e. The summed E-state index contributed by atoms with van der Waals surface area (Å²) >= 11 is 12.7. The number of rotatable bonds is 4. The number of halogens is 2. The summed E-state index contributed by atoms with van der Waals surface area (Å²) in [6.07, 6.45) is 3.17. The van der Waals surface area contributed by atoms with E-state index >= 15 is 0 Å². The summed E-state index contributed by atoms with van der Waals surface area (Å²) in [5, 5.41) is 6.72. The number of anilines is 2. The normalized spacial score (nSPS) is 18.3. The van der Waals surface area contributed by atoms with Crippen molar-refractivity contribution >= 4 is 46.5 Å². The number of nitrogens with one attached hydrogen (secondary N) is 2. The molecule has 1 aliphatic heterocycles. The average Bonchev–Trinajstić information content (AvgIpc) is 3.37. The molecule has 3 aromatic rings. The van der Waals surface area contributed by atoms with E-state index in [4.69, 9.17) is 33.7 Å². The molecule has 0 fully saturated rings. The standard InChI is InChI=1S/C24H19Cl2N3O3/c25-17-5-2-6-18(26)21(17)24(23(27)31)28-19-10-8-15(12-20(19)29-24)22(30)32-16-9-7-13-3-1-4-14(13)11-16/h2,5-12,28-29H,1,3-4H2,(H2,27,31). The Morgan fingerprint density at radius 2 is 1.62 bits per heavy atom. The maximum absolute atomic E-state index is 12.8. The lowest BCUT2D eigenvalue weighted by Gasteiger charge is -2.29. The second kappa shape index (κ2) is 7.73. The molecule has 1 aliphatic carbocycles. The summed E-state index contributed by atoms with van der Waals surface area (Å²) in [6.45, 7) is 0. The van der Waals surface area contributed by atoms with Gasteiger partial charge in [0.25, 0.3) is 5.91 Å². The molecule has 162 valence electrons. The van der Waals surface area contributed by atoms with Crippen molar-refractivity contribution in [2.24, 2.45) is 5.73 Å². The molecule has 0 bridgehead atoms. The number of benzene rings is 3. The SMILES string of the molecule is NC(=O)C1(c2c(Cl)cccc2Cl)Nc2ccc(C(=O)Oc3ccc4c(c3)CCC4)cc2N1. The van der Waals surface area contributed by atoms with Crippen LogP contribution in [-0.4, -0.2) is 11.9 Å². The molecule has 2 aliphatic rings. The van der Waals surface area contributed by atoms with E-state index in [1.807, 2.05) is 18.2 Å². The van der Waals surface area contributed by atoms with E-state index in [0.29, 0.717) is 28.3 Å². The summed E-state index contributed by atoms with van der Waals surface area (Å²) in [5.74, 6) is -0.706. The Balaban J connectivity index is 1.44. The molecule has 0 spiro atoms. The third-order valence-corrected chi connectivity index (χ3v) is 6.52. The number of primary amides is 1. The van der Waals surface area contributed by atoms with Gasteiger partial charge in [-0.15, -0.1) is 0 Å². The van der Waals surface area contributed by atoms with Crippen LogP contribution in [0, 0.1) is 0 Å². The number of ether oxygens (including phenoxy) is 1. The monoisotopic (exact) mass is 467 g/mol. The van der Waals surface area contributed by atoms with Crippen molar-refractivity contribution in [3.05, 3.63) is 86.9 Å². The predicted molar refractivity (Wildman–Crippen MR) is 124 cm³/mol. The zero-order chi connectivity index (χ0) is 22.5. The average molecular weight is 468 g/mol. The molecule has 0 saturated heterocycles. The fourth-order valence-corrected chi connectivity index (χ4v) is 5.00. The lowest BCUT2D eigenvalue weighted by Crippen LogP contribution is -2.51. The van der Waals surface area contributed by atoms with Crippen molar-refractivity contribution in [3.8, 4) is 5.75 Å². The number of hydrogen-bond acceptors (Lipinski definition) is 5. The lowest BCUT2D eigenvalue weighted by molar-refractivity contribution is -0.121. The van der Waals surface area contributed by atoms with Gasteiger partial charge in [-0.1, -0.05) is 35.3 Å². The quantitative estimate of drug-likeness (QED) is 0.375. The molecule has 8 heteroatoms. The van der Waals surface area contributed by atoms with Gasteiger partial charge in [-0.3, -0.25) is 4.79 Å². The highest BCUT2D eigenvalue weighted by Crippen LogP contribution is 2.44. The Bertz CT molecular complexity index is 1260. The van der Waals surface area contributed by atoms with Crippen molar-refractivity contribution in [2.75, 3.05) is 10.6 Å². The highest BCUT2D eigenvalue weighted by atomic mass is 35.5. The minimum atomic E-state index is -1.56. The molecular weight excluding hydrogens is 449 g/mol. The Morgan fingerprint density at radius 1 is 0.906 bits per heavy atom. The van der Waals surface area contributed by atoms with Crippen LogP contribution in [-0.2, 0) is 23.3 Å². The van der Waals surface area contributed by atoms with Crippen molar-refractivity contribution in [1.82, 2.24) is 0 Å². The number of amides is 1. The Labute approximate surface area is 194 Å². The first-order chi connectivity index (χ1) is 15.4. The fraction of sp³-hybridized carbons (Fsp3) is 0.167. The summed E-state index contributed by atoms with van der Waals surface area (Å²) in [5.41, 5.74) is 8.44. The fourth-order valence-electron chi connectivity index (χ4n) is 4.32. The van der Waals surface area contributed by atoms with E-state index < -0.39 is 17.5 Å². The molecule has 4 N–H and O–H groups in total. The van der Waals surface area contributed by atoms with Gasteiger partial charge in [0.2, 0.25) is 5.66 Å². The first-order valence-electron chi connectivity index (χ1n) is 10.2. The van der Waals surface area contributed by atoms with E-state index in [1.54, 1.807) is 36.4 Å². The molecule has 1 amide bonds. The Hall–Kier alpha value is -3.22. The molecule has 5 rings (SSSR count). The molecular formula is C24H19Cl2N3O3. The van der Waals surface area contributed by atoms with Crippen molar-refractivity contribution in [2.45, 2.75) is 24.9 Å². The molecule has 0 radical (unpaired) electrons. The number of carbonyl (C=O) groups excluding carboxylic acids is 2. The number of hydrogen-bond donors (Lipinski definition) is 3. The molecule has 1 heterocycles. The van der Waals surface area contributed by atoms with Gasteiger partial charge in [0, 0.05) is 5.56 Å². The van der Waals surface area contributed by atoms with Gasteiger partial charge in [-0.25, -0.2) is 4.79 Å². The van der Waals surface area contributed by atoms with Crippen LogP contribution < -0.4 is 21.1 Å². The van der Waals surface area contributed by atoms with E-state index in [-0.39, 0.29) is 10.0 Å². The predicted octanol–water partition coefficient (Wildman–Crippen LogP) is 4.88. The Kier molecular flexibility index (Phi) is 4.99. The summed E-state index contributed by atoms with van der Waals surface area (Å²) in [6, 6.07) is 15.6. The number of nitrogens with two attached hydrogens (primary N) is 1. The molecule has 32 heavy (non-hydrogen) atoms. The maximum atomic E-state index is 12.8. The zero-order valence-electron chi connectivity index (χ0n) is 16.9. The highest BCUT2D eigenvalue weighted by Gasteiger charge is 2.46. The van der Waals surface area contributed by atoms with Crippen LogP contribution in [0.25, 0.3) is 0 Å². The highest BCUT2D eigenvalue weighted by molar-refractivity contribution is 6.37. The first-order valence-corrected chi connectivity index (χ1v) is 10.9. The topological polar surface area (TPSA) is 93.5 Å². The summed E-state index contributed by atoms with van der Waals surface area (Å²) < 4.78 is 5.59. The lowest BCUT2D eigenvalue weighted by atomic mass is 9.99. The maximum Gasteiger partial charge on any atom is 0.343 e. The van der Waals surface area contributed by atoms with Crippen LogP contribution in [0.3, 0.4) is 0 Å². The third kappa shape index (κ3) is 3.36. The summed E-state index contributed by atoms with van der Waals surface area (Å²) in [4.78, 5) is 25.3. The molecule has 3 aromatic carbocycles. The van der Waals surface area contributed by atoms with Gasteiger partial charge < -0.3 is 21.1 Å².